The van der Waals surface area contributed by atoms with E-state index in [0.29, 0.717) is 6.54 Å². The molecule has 0 saturated carbocycles. The van der Waals surface area contributed by atoms with Crippen LogP contribution in [0.1, 0.15) is 15.6 Å². The van der Waals surface area contributed by atoms with E-state index in [4.69, 9.17) is 5.73 Å². The number of thiazole rings is 1. The van der Waals surface area contributed by atoms with Gasteiger partial charge in [0.25, 0.3) is 0 Å². The summed E-state index contributed by atoms with van der Waals surface area (Å²) in [5.74, 6) is 0. The van der Waals surface area contributed by atoms with E-state index in [1.54, 1.807) is 11.3 Å². The number of nitrogens with zero attached hydrogens (tertiary/aromatic N) is 2. The molecule has 0 amide bonds. The number of nitrogens with two attached hydrogens (primary N) is 1. The van der Waals surface area contributed by atoms with Crippen LogP contribution in [0.5, 0.6) is 0 Å². The van der Waals surface area contributed by atoms with Crippen LogP contribution >= 0.6 is 11.3 Å². The molecule has 0 atom stereocenters. The fraction of sp³-hybridized carbons (Fsp3) is 0.625. The van der Waals surface area contributed by atoms with Crippen molar-refractivity contribution in [3.05, 3.63) is 15.6 Å². The number of hydrogen-bond acceptors (Lipinski definition) is 4. The van der Waals surface area contributed by atoms with Gasteiger partial charge in [-0.3, -0.25) is 0 Å². The zero-order chi connectivity index (χ0) is 9.14. The number of aromatic nitrogens is 1. The average Bonchev–Trinajstić information content (AvgIpc) is 2.29. The second-order valence-electron chi connectivity index (χ2n) is 3.04. The molecular weight excluding hydrogens is 170 g/mol. The SMILES string of the molecule is Cc1nc(CN)c(CN(C)C)s1. The Morgan fingerprint density at radius 2 is 2.17 bits per heavy atom. The molecule has 3 nitrogen and oxygen atoms in total. The molecule has 12 heavy (non-hydrogen) atoms. The lowest BCUT2D eigenvalue weighted by molar-refractivity contribution is 0.404. The Labute approximate surface area is 77.2 Å². The van der Waals surface area contributed by atoms with E-state index in [2.05, 4.69) is 24.0 Å². The van der Waals surface area contributed by atoms with Crippen molar-refractivity contribution in [2.75, 3.05) is 14.1 Å². The normalized spacial score (nSPS) is 11.1. The summed E-state index contributed by atoms with van der Waals surface area (Å²) in [6, 6.07) is 0. The van der Waals surface area contributed by atoms with E-state index < -0.39 is 0 Å². The Balaban J connectivity index is 2.81. The molecule has 1 aromatic rings. The van der Waals surface area contributed by atoms with Crippen molar-refractivity contribution < 1.29 is 0 Å². The third kappa shape index (κ3) is 2.27. The van der Waals surface area contributed by atoms with Crippen LogP contribution < -0.4 is 5.73 Å². The van der Waals surface area contributed by atoms with E-state index in [1.165, 1.54) is 4.88 Å². The zero-order valence-electron chi connectivity index (χ0n) is 7.79. The highest BCUT2D eigenvalue weighted by Gasteiger charge is 2.07. The number of aryl methyl sites for hydroxylation is 1. The summed E-state index contributed by atoms with van der Waals surface area (Å²) in [5.41, 5.74) is 6.61. The Hall–Kier alpha value is -0.450. The Kier molecular flexibility index (Phi) is 3.20. The number of rotatable bonds is 3. The molecule has 0 spiro atoms. The maximum absolute atomic E-state index is 5.57. The molecule has 1 rings (SSSR count). The van der Waals surface area contributed by atoms with Gasteiger partial charge in [0, 0.05) is 18.0 Å². The van der Waals surface area contributed by atoms with Gasteiger partial charge in [0.2, 0.25) is 0 Å². The summed E-state index contributed by atoms with van der Waals surface area (Å²) in [4.78, 5) is 7.77. The summed E-state index contributed by atoms with van der Waals surface area (Å²) in [6.07, 6.45) is 0. The molecule has 0 bridgehead atoms. The Bertz CT molecular complexity index is 255. The van der Waals surface area contributed by atoms with Crippen LogP contribution in [0.2, 0.25) is 0 Å². The standard InChI is InChI=1S/C8H15N3S/c1-6-10-7(4-9)8(12-6)5-11(2)3/h4-5,9H2,1-3H3. The van der Waals surface area contributed by atoms with Gasteiger partial charge in [-0.2, -0.15) is 0 Å². The van der Waals surface area contributed by atoms with Crippen molar-refractivity contribution in [3.63, 3.8) is 0 Å². The molecule has 1 heterocycles. The van der Waals surface area contributed by atoms with Crippen molar-refractivity contribution >= 4 is 11.3 Å². The highest BCUT2D eigenvalue weighted by Crippen LogP contribution is 2.18. The van der Waals surface area contributed by atoms with E-state index in [0.717, 1.165) is 17.2 Å². The molecule has 0 saturated heterocycles. The van der Waals surface area contributed by atoms with Gasteiger partial charge in [0.05, 0.1) is 10.7 Å². The largest absolute Gasteiger partial charge is 0.325 e. The van der Waals surface area contributed by atoms with Gasteiger partial charge < -0.3 is 10.6 Å². The molecule has 4 heteroatoms. The molecule has 0 aliphatic rings. The summed E-state index contributed by atoms with van der Waals surface area (Å²) in [6.45, 7) is 3.51. The first-order valence-corrected chi connectivity index (χ1v) is 4.75. The minimum Gasteiger partial charge on any atom is -0.325 e. The van der Waals surface area contributed by atoms with Crippen LogP contribution in [-0.4, -0.2) is 24.0 Å². The highest BCUT2D eigenvalue weighted by atomic mass is 32.1. The second kappa shape index (κ2) is 3.98. The third-order valence-corrected chi connectivity index (χ3v) is 2.54. The van der Waals surface area contributed by atoms with Crippen LogP contribution in [0, 0.1) is 6.92 Å². The average molecular weight is 185 g/mol. The van der Waals surface area contributed by atoms with Gasteiger partial charge in [-0.25, -0.2) is 4.98 Å². The van der Waals surface area contributed by atoms with Gasteiger partial charge in [-0.15, -0.1) is 11.3 Å². The van der Waals surface area contributed by atoms with Gasteiger partial charge in [0.15, 0.2) is 0 Å². The lowest BCUT2D eigenvalue weighted by Crippen LogP contribution is -2.12. The van der Waals surface area contributed by atoms with Crippen LogP contribution in [0.4, 0.5) is 0 Å². The minimum atomic E-state index is 0.549. The molecular formula is C8H15N3S. The molecule has 0 aromatic carbocycles. The summed E-state index contributed by atoms with van der Waals surface area (Å²) in [7, 11) is 4.10. The van der Waals surface area contributed by atoms with Crippen molar-refractivity contribution in [2.45, 2.75) is 20.0 Å². The van der Waals surface area contributed by atoms with Crippen molar-refractivity contribution in [1.82, 2.24) is 9.88 Å². The second-order valence-corrected chi connectivity index (χ2v) is 4.33. The zero-order valence-corrected chi connectivity index (χ0v) is 8.61. The van der Waals surface area contributed by atoms with Crippen LogP contribution in [0.3, 0.4) is 0 Å². The number of hydrogen-bond donors (Lipinski definition) is 1. The van der Waals surface area contributed by atoms with Gasteiger partial charge in [-0.05, 0) is 21.0 Å². The smallest absolute Gasteiger partial charge is 0.0901 e. The monoisotopic (exact) mass is 185 g/mol. The first-order valence-electron chi connectivity index (χ1n) is 3.93. The van der Waals surface area contributed by atoms with Crippen LogP contribution in [0.25, 0.3) is 0 Å². The molecule has 68 valence electrons. The molecule has 2 N–H and O–H groups in total. The predicted octanol–water partition coefficient (Wildman–Crippen LogP) is 0.972. The van der Waals surface area contributed by atoms with Gasteiger partial charge >= 0.3 is 0 Å². The maximum Gasteiger partial charge on any atom is 0.0901 e. The van der Waals surface area contributed by atoms with E-state index >= 15 is 0 Å². The molecule has 0 unspecified atom stereocenters. The third-order valence-electron chi connectivity index (χ3n) is 1.54. The lowest BCUT2D eigenvalue weighted by Gasteiger charge is -2.07. The molecule has 0 fully saturated rings. The summed E-state index contributed by atoms with van der Waals surface area (Å²) < 4.78 is 0. The van der Waals surface area contributed by atoms with Crippen LogP contribution in [0.15, 0.2) is 0 Å². The van der Waals surface area contributed by atoms with Crippen molar-refractivity contribution in [3.8, 4) is 0 Å². The molecule has 1 aromatic heterocycles. The first kappa shape index (κ1) is 9.64. The minimum absolute atomic E-state index is 0.549. The van der Waals surface area contributed by atoms with Crippen molar-refractivity contribution in [1.29, 1.82) is 0 Å². The molecule has 0 aliphatic carbocycles. The van der Waals surface area contributed by atoms with Gasteiger partial charge in [0.1, 0.15) is 0 Å². The topological polar surface area (TPSA) is 42.1 Å². The summed E-state index contributed by atoms with van der Waals surface area (Å²) in [5, 5.41) is 1.10. The predicted molar refractivity (Wildman–Crippen MR) is 52.1 cm³/mol. The maximum atomic E-state index is 5.57. The van der Waals surface area contributed by atoms with E-state index in [1.807, 2.05) is 6.92 Å². The van der Waals surface area contributed by atoms with E-state index in [9.17, 15) is 0 Å². The Morgan fingerprint density at radius 1 is 1.50 bits per heavy atom. The highest BCUT2D eigenvalue weighted by molar-refractivity contribution is 7.11. The van der Waals surface area contributed by atoms with E-state index in [-0.39, 0.29) is 0 Å². The van der Waals surface area contributed by atoms with Gasteiger partial charge in [-0.1, -0.05) is 0 Å². The molecule has 0 radical (unpaired) electrons. The van der Waals surface area contributed by atoms with Crippen LogP contribution in [-0.2, 0) is 13.1 Å². The van der Waals surface area contributed by atoms with Crippen molar-refractivity contribution in [2.24, 2.45) is 5.73 Å². The molecule has 0 aliphatic heterocycles. The lowest BCUT2D eigenvalue weighted by atomic mass is 10.3. The first-order chi connectivity index (χ1) is 5.63. The quantitative estimate of drug-likeness (QED) is 0.763. The Morgan fingerprint density at radius 3 is 2.67 bits per heavy atom. The fourth-order valence-corrected chi connectivity index (χ4v) is 2.16. The fourth-order valence-electron chi connectivity index (χ4n) is 1.08. The summed E-state index contributed by atoms with van der Waals surface area (Å²) >= 11 is 1.73.